The Hall–Kier alpha value is -2.34. The molecule has 0 bridgehead atoms. The number of likely N-dealkylation sites (tertiary alicyclic amines) is 1. The minimum atomic E-state index is -0.783. The van der Waals surface area contributed by atoms with Gasteiger partial charge in [-0.05, 0) is 44.0 Å². The van der Waals surface area contributed by atoms with Crippen LogP contribution in [0.4, 0.5) is 0 Å². The Labute approximate surface area is 144 Å². The van der Waals surface area contributed by atoms with Gasteiger partial charge in [0.25, 0.3) is 5.91 Å². The van der Waals surface area contributed by atoms with Crippen molar-refractivity contribution in [1.82, 2.24) is 14.7 Å². The third kappa shape index (κ3) is 3.28. The predicted octanol–water partition coefficient (Wildman–Crippen LogP) is 2.77. The van der Waals surface area contributed by atoms with Crippen LogP contribution in [0.2, 0.25) is 5.02 Å². The topological polar surface area (TPSA) is 75.4 Å². The molecule has 1 aromatic carbocycles. The van der Waals surface area contributed by atoms with E-state index in [4.69, 9.17) is 16.7 Å². The van der Waals surface area contributed by atoms with Crippen LogP contribution in [0.5, 0.6) is 0 Å². The van der Waals surface area contributed by atoms with E-state index in [9.17, 15) is 9.59 Å². The highest BCUT2D eigenvalue weighted by atomic mass is 35.5. The summed E-state index contributed by atoms with van der Waals surface area (Å²) in [4.78, 5) is 25.4. The SMILES string of the molecule is Cc1nn(-c2ccc(Cl)cc2)cc1C(=O)N1CCC(C(=O)O)CC1. The molecule has 0 aliphatic carbocycles. The van der Waals surface area contributed by atoms with E-state index < -0.39 is 5.97 Å². The van der Waals surface area contributed by atoms with E-state index >= 15 is 0 Å². The summed E-state index contributed by atoms with van der Waals surface area (Å²) in [6.07, 6.45) is 2.70. The molecule has 1 aromatic heterocycles. The number of benzene rings is 1. The first-order chi connectivity index (χ1) is 11.5. The second-order valence-corrected chi connectivity index (χ2v) is 6.39. The minimum absolute atomic E-state index is 0.100. The highest BCUT2D eigenvalue weighted by Gasteiger charge is 2.28. The van der Waals surface area contributed by atoms with Gasteiger partial charge < -0.3 is 10.0 Å². The van der Waals surface area contributed by atoms with E-state index in [-0.39, 0.29) is 11.8 Å². The molecule has 0 spiro atoms. The molecule has 1 aliphatic rings. The van der Waals surface area contributed by atoms with Crippen LogP contribution in [0.1, 0.15) is 28.9 Å². The van der Waals surface area contributed by atoms with Crippen molar-refractivity contribution >= 4 is 23.5 Å². The van der Waals surface area contributed by atoms with Gasteiger partial charge in [0.1, 0.15) is 0 Å². The van der Waals surface area contributed by atoms with E-state index in [2.05, 4.69) is 5.10 Å². The van der Waals surface area contributed by atoms with Gasteiger partial charge in [-0.2, -0.15) is 5.10 Å². The molecule has 0 unspecified atom stereocenters. The third-order valence-corrected chi connectivity index (χ3v) is 4.60. The number of hydrogen-bond donors (Lipinski definition) is 1. The third-order valence-electron chi connectivity index (χ3n) is 4.35. The molecule has 3 rings (SSSR count). The van der Waals surface area contributed by atoms with E-state index in [1.54, 1.807) is 34.8 Å². The average molecular weight is 348 g/mol. The molecule has 1 aliphatic heterocycles. The first kappa shape index (κ1) is 16.5. The van der Waals surface area contributed by atoms with Crippen LogP contribution in [0, 0.1) is 12.8 Å². The van der Waals surface area contributed by atoms with Gasteiger partial charge in [0.05, 0.1) is 22.9 Å². The zero-order valence-electron chi connectivity index (χ0n) is 13.3. The van der Waals surface area contributed by atoms with Crippen LogP contribution in [-0.4, -0.2) is 44.8 Å². The number of hydrogen-bond acceptors (Lipinski definition) is 3. The van der Waals surface area contributed by atoms with E-state index in [0.717, 1.165) is 5.69 Å². The van der Waals surface area contributed by atoms with Gasteiger partial charge in [-0.15, -0.1) is 0 Å². The molecule has 1 amide bonds. The van der Waals surface area contributed by atoms with Gasteiger partial charge in [0.2, 0.25) is 0 Å². The van der Waals surface area contributed by atoms with Crippen LogP contribution in [0.3, 0.4) is 0 Å². The normalized spacial score (nSPS) is 15.5. The van der Waals surface area contributed by atoms with E-state index in [0.29, 0.717) is 42.2 Å². The summed E-state index contributed by atoms with van der Waals surface area (Å²) in [5.74, 6) is -1.24. The maximum atomic E-state index is 12.7. The number of amides is 1. The largest absolute Gasteiger partial charge is 0.481 e. The molecule has 7 heteroatoms. The highest BCUT2D eigenvalue weighted by molar-refractivity contribution is 6.30. The van der Waals surface area contributed by atoms with Crippen LogP contribution < -0.4 is 0 Å². The molecule has 0 radical (unpaired) electrons. The fourth-order valence-corrected chi connectivity index (χ4v) is 3.02. The molecule has 0 saturated carbocycles. The van der Waals surface area contributed by atoms with Crippen molar-refractivity contribution in [2.45, 2.75) is 19.8 Å². The minimum Gasteiger partial charge on any atom is -0.481 e. The van der Waals surface area contributed by atoms with Crippen LogP contribution in [0.25, 0.3) is 5.69 Å². The lowest BCUT2D eigenvalue weighted by Crippen LogP contribution is -2.40. The molecule has 0 atom stereocenters. The number of rotatable bonds is 3. The Morgan fingerprint density at radius 3 is 2.42 bits per heavy atom. The van der Waals surface area contributed by atoms with E-state index in [1.807, 2.05) is 12.1 Å². The number of aliphatic carboxylic acids is 1. The Morgan fingerprint density at radius 2 is 1.83 bits per heavy atom. The Morgan fingerprint density at radius 1 is 1.21 bits per heavy atom. The maximum absolute atomic E-state index is 12.7. The first-order valence-electron chi connectivity index (χ1n) is 7.80. The lowest BCUT2D eigenvalue weighted by atomic mass is 9.96. The smallest absolute Gasteiger partial charge is 0.306 e. The Kier molecular flexibility index (Phi) is 4.57. The summed E-state index contributed by atoms with van der Waals surface area (Å²) < 4.78 is 1.66. The van der Waals surface area contributed by atoms with Crippen molar-refractivity contribution in [2.24, 2.45) is 5.92 Å². The Balaban J connectivity index is 1.76. The predicted molar refractivity (Wildman–Crippen MR) is 89.6 cm³/mol. The molecule has 1 fully saturated rings. The molecule has 2 heterocycles. The van der Waals surface area contributed by atoms with Gasteiger partial charge in [-0.25, -0.2) is 4.68 Å². The standard InChI is InChI=1S/C17H18ClN3O3/c1-11-15(10-21(19-11)14-4-2-13(18)3-5-14)16(22)20-8-6-12(7-9-20)17(23)24/h2-5,10,12H,6-9H2,1H3,(H,23,24). The molecule has 1 saturated heterocycles. The highest BCUT2D eigenvalue weighted by Crippen LogP contribution is 2.21. The molecule has 2 aromatic rings. The summed E-state index contributed by atoms with van der Waals surface area (Å²) in [7, 11) is 0. The summed E-state index contributed by atoms with van der Waals surface area (Å²) in [5, 5.41) is 14.1. The number of piperidine rings is 1. The number of carboxylic acids is 1. The number of aryl methyl sites for hydroxylation is 1. The van der Waals surface area contributed by atoms with Crippen LogP contribution >= 0.6 is 11.6 Å². The van der Waals surface area contributed by atoms with Crippen molar-refractivity contribution in [3.63, 3.8) is 0 Å². The Bertz CT molecular complexity index is 762. The molecular weight excluding hydrogens is 330 g/mol. The van der Waals surface area contributed by atoms with Crippen molar-refractivity contribution < 1.29 is 14.7 Å². The number of halogens is 1. The second kappa shape index (κ2) is 6.65. The lowest BCUT2D eigenvalue weighted by molar-refractivity contribution is -0.143. The van der Waals surface area contributed by atoms with Gasteiger partial charge >= 0.3 is 5.97 Å². The lowest BCUT2D eigenvalue weighted by Gasteiger charge is -2.29. The zero-order valence-corrected chi connectivity index (χ0v) is 14.0. The first-order valence-corrected chi connectivity index (χ1v) is 8.18. The number of nitrogens with zero attached hydrogens (tertiary/aromatic N) is 3. The fourth-order valence-electron chi connectivity index (χ4n) is 2.90. The zero-order chi connectivity index (χ0) is 17.3. The molecular formula is C17H18ClN3O3. The van der Waals surface area contributed by atoms with Gasteiger partial charge in [-0.3, -0.25) is 9.59 Å². The molecule has 6 nitrogen and oxygen atoms in total. The summed E-state index contributed by atoms with van der Waals surface area (Å²) in [5.41, 5.74) is 2.01. The summed E-state index contributed by atoms with van der Waals surface area (Å²) >= 11 is 5.89. The summed E-state index contributed by atoms with van der Waals surface area (Å²) in [6, 6.07) is 7.21. The van der Waals surface area contributed by atoms with Crippen molar-refractivity contribution in [3.8, 4) is 5.69 Å². The average Bonchev–Trinajstić information content (AvgIpc) is 2.96. The van der Waals surface area contributed by atoms with Gasteiger partial charge in [0, 0.05) is 24.3 Å². The van der Waals surface area contributed by atoms with Crippen LogP contribution in [-0.2, 0) is 4.79 Å². The van der Waals surface area contributed by atoms with Crippen LogP contribution in [0.15, 0.2) is 30.5 Å². The van der Waals surface area contributed by atoms with Gasteiger partial charge in [0.15, 0.2) is 0 Å². The fraction of sp³-hybridized carbons (Fsp3) is 0.353. The van der Waals surface area contributed by atoms with Crippen molar-refractivity contribution in [1.29, 1.82) is 0 Å². The van der Waals surface area contributed by atoms with Gasteiger partial charge in [-0.1, -0.05) is 11.6 Å². The quantitative estimate of drug-likeness (QED) is 0.926. The number of carbonyl (C=O) groups excluding carboxylic acids is 1. The summed E-state index contributed by atoms with van der Waals surface area (Å²) in [6.45, 7) is 2.71. The van der Waals surface area contributed by atoms with Crippen molar-refractivity contribution in [3.05, 3.63) is 46.7 Å². The number of carbonyl (C=O) groups is 2. The molecule has 126 valence electrons. The molecule has 1 N–H and O–H groups in total. The second-order valence-electron chi connectivity index (χ2n) is 5.95. The number of aromatic nitrogens is 2. The maximum Gasteiger partial charge on any atom is 0.306 e. The number of carboxylic acid groups (broad SMARTS) is 1. The van der Waals surface area contributed by atoms with E-state index in [1.165, 1.54) is 0 Å². The van der Waals surface area contributed by atoms with Crippen molar-refractivity contribution in [2.75, 3.05) is 13.1 Å². The monoisotopic (exact) mass is 347 g/mol. The molecule has 24 heavy (non-hydrogen) atoms.